The van der Waals surface area contributed by atoms with Crippen molar-refractivity contribution in [2.45, 2.75) is 59.0 Å². The molecule has 0 saturated heterocycles. The Morgan fingerprint density at radius 2 is 1.29 bits per heavy atom. The summed E-state index contributed by atoms with van der Waals surface area (Å²) in [6, 6.07) is 4.49. The van der Waals surface area contributed by atoms with Crippen LogP contribution in [-0.4, -0.2) is 17.5 Å². The minimum Gasteiger partial charge on any atom is -0.198 e. The Labute approximate surface area is 108 Å². The van der Waals surface area contributed by atoms with Crippen LogP contribution in [0.2, 0.25) is 0 Å². The van der Waals surface area contributed by atoms with Crippen molar-refractivity contribution in [2.24, 2.45) is 5.41 Å². The highest BCUT2D eigenvalue weighted by Gasteiger charge is 2.32. The van der Waals surface area contributed by atoms with Gasteiger partial charge >= 0.3 is 0 Å². The summed E-state index contributed by atoms with van der Waals surface area (Å²) in [4.78, 5) is 0. The molecule has 0 rings (SSSR count). The van der Waals surface area contributed by atoms with Gasteiger partial charge in [-0.1, -0.05) is 42.5 Å². The van der Waals surface area contributed by atoms with Crippen molar-refractivity contribution in [3.63, 3.8) is 0 Å². The molecular weight excluding hydrogens is 227 g/mol. The minimum atomic E-state index is -0.225. The van der Waals surface area contributed by atoms with Gasteiger partial charge in [-0.15, -0.1) is 0 Å². The van der Waals surface area contributed by atoms with Gasteiger partial charge in [0.05, 0.1) is 12.1 Å². The second-order valence-corrected chi connectivity index (χ2v) is 9.54. The highest BCUT2D eigenvalue weighted by molar-refractivity contribution is 7.59. The molecule has 0 aromatic rings. The Balaban J connectivity index is 4.64. The molecule has 2 nitrogen and oxygen atoms in total. The number of hydrogen-bond donors (Lipinski definition) is 0. The molecule has 0 aromatic carbocycles. The Kier molecular flexibility index (Phi) is 6.74. The topological polar surface area (TPSA) is 47.6 Å². The van der Waals surface area contributed by atoms with Gasteiger partial charge in [0.1, 0.15) is 0 Å². The number of nitrogens with zero attached hydrogens (tertiary/aromatic N) is 2. The summed E-state index contributed by atoms with van der Waals surface area (Å²) in [5.74, 6) is 0. The Hall–Kier alpha value is -0.590. The van der Waals surface area contributed by atoms with Gasteiger partial charge in [0, 0.05) is 12.8 Å². The van der Waals surface area contributed by atoms with Crippen LogP contribution in [0.25, 0.3) is 0 Å². The first-order valence-corrected chi connectivity index (χ1v) is 7.93. The Bertz CT molecular complexity index is 284. The van der Waals surface area contributed by atoms with Crippen LogP contribution >= 0.6 is 7.92 Å². The third kappa shape index (κ3) is 7.36. The van der Waals surface area contributed by atoms with Crippen molar-refractivity contribution in [3.05, 3.63) is 0 Å². The first kappa shape index (κ1) is 16.4. The molecule has 0 heterocycles. The standard InChI is InChI=1S/C14H25N2P/c1-13(2,3)12-14(4,5)17(10-6-8-15)11-7-9-16/h6-7,10-12H2,1-5H3. The van der Waals surface area contributed by atoms with E-state index in [-0.39, 0.29) is 13.1 Å². The Morgan fingerprint density at radius 3 is 1.59 bits per heavy atom. The van der Waals surface area contributed by atoms with Crippen molar-refractivity contribution >= 4 is 7.92 Å². The summed E-state index contributed by atoms with van der Waals surface area (Å²) in [6.07, 6.45) is 4.38. The van der Waals surface area contributed by atoms with Gasteiger partial charge in [0.25, 0.3) is 0 Å². The third-order valence-electron chi connectivity index (χ3n) is 2.81. The Morgan fingerprint density at radius 1 is 0.882 bits per heavy atom. The van der Waals surface area contributed by atoms with Crippen LogP contribution < -0.4 is 0 Å². The van der Waals surface area contributed by atoms with Gasteiger partial charge in [-0.05, 0) is 29.3 Å². The van der Waals surface area contributed by atoms with Crippen molar-refractivity contribution in [1.82, 2.24) is 0 Å². The average Bonchev–Trinajstić information content (AvgIpc) is 2.13. The molecule has 0 unspecified atom stereocenters. The van der Waals surface area contributed by atoms with Crippen LogP contribution in [0.4, 0.5) is 0 Å². The molecule has 0 bridgehead atoms. The SMILES string of the molecule is CC(C)(C)CC(C)(C)P(CCC#N)CCC#N. The molecule has 0 aromatic heterocycles. The van der Waals surface area contributed by atoms with Gasteiger partial charge in [-0.25, -0.2) is 0 Å². The lowest BCUT2D eigenvalue weighted by Crippen LogP contribution is -2.27. The number of hydrogen-bond acceptors (Lipinski definition) is 2. The molecule has 17 heavy (non-hydrogen) atoms. The molecule has 0 aliphatic heterocycles. The van der Waals surface area contributed by atoms with Crippen LogP contribution in [0.3, 0.4) is 0 Å². The van der Waals surface area contributed by atoms with E-state index in [1.54, 1.807) is 0 Å². The maximum atomic E-state index is 8.73. The summed E-state index contributed by atoms with van der Waals surface area (Å²) in [5.41, 5.74) is 0.309. The molecule has 0 saturated carbocycles. The fraction of sp³-hybridized carbons (Fsp3) is 0.857. The van der Waals surface area contributed by atoms with E-state index < -0.39 is 0 Å². The zero-order valence-corrected chi connectivity index (χ0v) is 12.8. The van der Waals surface area contributed by atoms with Crippen LogP contribution in [-0.2, 0) is 0 Å². The van der Waals surface area contributed by atoms with E-state index in [9.17, 15) is 0 Å². The third-order valence-corrected chi connectivity index (χ3v) is 6.20. The summed E-state index contributed by atoms with van der Waals surface area (Å²) in [6.45, 7) is 11.4. The van der Waals surface area contributed by atoms with E-state index in [1.807, 2.05) is 0 Å². The van der Waals surface area contributed by atoms with Crippen molar-refractivity contribution in [1.29, 1.82) is 10.5 Å². The van der Waals surface area contributed by atoms with E-state index in [0.717, 1.165) is 18.7 Å². The summed E-state index contributed by atoms with van der Waals surface area (Å²) >= 11 is 0. The van der Waals surface area contributed by atoms with Crippen LogP contribution in [0.15, 0.2) is 0 Å². The zero-order valence-electron chi connectivity index (χ0n) is 11.9. The van der Waals surface area contributed by atoms with E-state index in [2.05, 4.69) is 46.8 Å². The van der Waals surface area contributed by atoms with E-state index in [1.165, 1.54) is 0 Å². The lowest BCUT2D eigenvalue weighted by Gasteiger charge is -2.39. The molecule has 0 amide bonds. The fourth-order valence-corrected chi connectivity index (χ4v) is 5.37. The normalized spacial score (nSPS) is 12.2. The minimum absolute atomic E-state index is 0.225. The van der Waals surface area contributed by atoms with E-state index >= 15 is 0 Å². The molecule has 0 radical (unpaired) electrons. The summed E-state index contributed by atoms with van der Waals surface area (Å²) in [7, 11) is -0.225. The smallest absolute Gasteiger partial charge is 0.0625 e. The molecule has 96 valence electrons. The molecule has 3 heteroatoms. The molecule has 0 fully saturated rings. The summed E-state index contributed by atoms with van der Waals surface area (Å²) in [5, 5.41) is 17.7. The van der Waals surface area contributed by atoms with Crippen molar-refractivity contribution in [2.75, 3.05) is 12.3 Å². The highest BCUT2D eigenvalue weighted by Crippen LogP contribution is 2.54. The zero-order chi connectivity index (χ0) is 13.5. The first-order valence-electron chi connectivity index (χ1n) is 6.22. The largest absolute Gasteiger partial charge is 0.198 e. The average molecular weight is 252 g/mol. The van der Waals surface area contributed by atoms with Crippen LogP contribution in [0, 0.1) is 28.1 Å². The maximum Gasteiger partial charge on any atom is 0.0625 e. The molecular formula is C14H25N2P. The lowest BCUT2D eigenvalue weighted by molar-refractivity contribution is 0.335. The predicted molar refractivity (Wildman–Crippen MR) is 75.3 cm³/mol. The van der Waals surface area contributed by atoms with E-state index in [4.69, 9.17) is 10.5 Å². The molecule has 0 N–H and O–H groups in total. The van der Waals surface area contributed by atoms with Gasteiger partial charge in [0.15, 0.2) is 0 Å². The monoisotopic (exact) mass is 252 g/mol. The van der Waals surface area contributed by atoms with Crippen LogP contribution in [0.5, 0.6) is 0 Å². The predicted octanol–water partition coefficient (Wildman–Crippen LogP) is 4.51. The second-order valence-electron chi connectivity index (χ2n) is 6.35. The second kappa shape index (κ2) is 6.98. The molecule has 0 atom stereocenters. The van der Waals surface area contributed by atoms with Crippen LogP contribution in [0.1, 0.15) is 53.9 Å². The maximum absolute atomic E-state index is 8.73. The lowest BCUT2D eigenvalue weighted by atomic mass is 9.86. The summed E-state index contributed by atoms with van der Waals surface area (Å²) < 4.78 is 0. The van der Waals surface area contributed by atoms with Crippen molar-refractivity contribution < 1.29 is 0 Å². The highest BCUT2D eigenvalue weighted by atomic mass is 31.1. The molecule has 0 aliphatic rings. The fourth-order valence-electron chi connectivity index (χ4n) is 2.50. The van der Waals surface area contributed by atoms with Crippen molar-refractivity contribution in [3.8, 4) is 12.1 Å². The van der Waals surface area contributed by atoms with Gasteiger partial charge in [-0.3, -0.25) is 0 Å². The molecule has 0 spiro atoms. The van der Waals surface area contributed by atoms with Gasteiger partial charge in [-0.2, -0.15) is 10.5 Å². The quantitative estimate of drug-likeness (QED) is 0.653. The number of nitriles is 2. The van der Waals surface area contributed by atoms with Gasteiger partial charge in [0.2, 0.25) is 0 Å². The number of rotatable bonds is 6. The molecule has 0 aliphatic carbocycles. The van der Waals surface area contributed by atoms with E-state index in [0.29, 0.717) is 18.3 Å². The first-order chi connectivity index (χ1) is 7.73. The van der Waals surface area contributed by atoms with Gasteiger partial charge < -0.3 is 0 Å².